The molecule has 1 fully saturated rings. The van der Waals surface area contributed by atoms with Crippen molar-refractivity contribution in [2.45, 2.75) is 38.8 Å². The monoisotopic (exact) mass is 312 g/mol. The summed E-state index contributed by atoms with van der Waals surface area (Å²) in [6, 6.07) is 7.61. The summed E-state index contributed by atoms with van der Waals surface area (Å²) in [6.07, 6.45) is 6.11. The molecule has 23 heavy (non-hydrogen) atoms. The lowest BCUT2D eigenvalue weighted by atomic mass is 9.91. The summed E-state index contributed by atoms with van der Waals surface area (Å²) in [6.45, 7) is 5.11. The molecule has 0 aliphatic carbocycles. The van der Waals surface area contributed by atoms with E-state index in [4.69, 9.17) is 5.73 Å². The molecule has 5 heteroatoms. The Balaban J connectivity index is 1.60. The summed E-state index contributed by atoms with van der Waals surface area (Å²) in [4.78, 5) is 14.5. The molecule has 1 aliphatic heterocycles. The van der Waals surface area contributed by atoms with Crippen LogP contribution in [0.25, 0.3) is 0 Å². The minimum absolute atomic E-state index is 0.122. The number of benzene rings is 1. The van der Waals surface area contributed by atoms with Crippen molar-refractivity contribution >= 4 is 5.91 Å². The Labute approximate surface area is 137 Å². The quantitative estimate of drug-likeness (QED) is 0.942. The molecule has 1 aliphatic rings. The molecule has 1 aromatic heterocycles. The lowest BCUT2D eigenvalue weighted by molar-refractivity contribution is 0.0713. The van der Waals surface area contributed by atoms with Crippen LogP contribution in [0.1, 0.15) is 47.2 Å². The van der Waals surface area contributed by atoms with Gasteiger partial charge in [-0.25, -0.2) is 0 Å². The number of nitrogens with two attached hydrogens (primary N) is 1. The molecule has 0 atom stereocenters. The summed E-state index contributed by atoms with van der Waals surface area (Å²) < 4.78 is 1.96. The van der Waals surface area contributed by atoms with E-state index in [1.165, 1.54) is 5.56 Å². The zero-order valence-electron chi connectivity index (χ0n) is 13.6. The highest BCUT2D eigenvalue weighted by Crippen LogP contribution is 2.28. The van der Waals surface area contributed by atoms with E-state index >= 15 is 0 Å². The number of amides is 1. The lowest BCUT2D eigenvalue weighted by Gasteiger charge is -2.31. The van der Waals surface area contributed by atoms with E-state index in [1.807, 2.05) is 40.0 Å². The van der Waals surface area contributed by atoms with Gasteiger partial charge in [-0.2, -0.15) is 5.10 Å². The molecule has 5 nitrogen and oxygen atoms in total. The maximum absolute atomic E-state index is 12.6. The zero-order valence-corrected chi connectivity index (χ0v) is 13.6. The van der Waals surface area contributed by atoms with Crippen molar-refractivity contribution in [3.8, 4) is 0 Å². The van der Waals surface area contributed by atoms with Gasteiger partial charge in [0.25, 0.3) is 5.91 Å². The van der Waals surface area contributed by atoms with Crippen LogP contribution in [0.2, 0.25) is 0 Å². The van der Waals surface area contributed by atoms with Gasteiger partial charge in [-0.1, -0.05) is 12.1 Å². The van der Waals surface area contributed by atoms with Gasteiger partial charge in [0.15, 0.2) is 0 Å². The number of aromatic nitrogens is 2. The van der Waals surface area contributed by atoms with Crippen LogP contribution >= 0.6 is 0 Å². The first-order valence-electron chi connectivity index (χ1n) is 8.32. The number of rotatable bonds is 4. The van der Waals surface area contributed by atoms with E-state index in [1.54, 1.807) is 0 Å². The van der Waals surface area contributed by atoms with Gasteiger partial charge in [0.05, 0.1) is 6.20 Å². The predicted octanol–water partition coefficient (Wildman–Crippen LogP) is 2.38. The van der Waals surface area contributed by atoms with Crippen LogP contribution < -0.4 is 5.73 Å². The Morgan fingerprint density at radius 1 is 1.26 bits per heavy atom. The fraction of sp³-hybridized carbons (Fsp3) is 0.444. The van der Waals surface area contributed by atoms with Crippen molar-refractivity contribution in [1.29, 1.82) is 0 Å². The second-order valence-electron chi connectivity index (χ2n) is 6.10. The van der Waals surface area contributed by atoms with Crippen molar-refractivity contribution in [1.82, 2.24) is 14.7 Å². The van der Waals surface area contributed by atoms with Crippen LogP contribution in [0.5, 0.6) is 0 Å². The Kier molecular flexibility index (Phi) is 4.76. The molecule has 1 amide bonds. The fourth-order valence-electron chi connectivity index (χ4n) is 3.15. The molecule has 0 saturated carbocycles. The minimum Gasteiger partial charge on any atom is -0.339 e. The number of hydrogen-bond acceptors (Lipinski definition) is 3. The molecule has 1 aromatic carbocycles. The molecular weight excluding hydrogens is 288 g/mol. The van der Waals surface area contributed by atoms with Crippen molar-refractivity contribution in [3.63, 3.8) is 0 Å². The summed E-state index contributed by atoms with van der Waals surface area (Å²) in [5.74, 6) is 0.634. The number of aryl methyl sites for hydroxylation is 1. The highest BCUT2D eigenvalue weighted by Gasteiger charge is 2.25. The van der Waals surface area contributed by atoms with E-state index < -0.39 is 0 Å². The first-order chi connectivity index (χ1) is 11.2. The van der Waals surface area contributed by atoms with Crippen molar-refractivity contribution in [2.24, 2.45) is 5.73 Å². The predicted molar refractivity (Wildman–Crippen MR) is 90.1 cm³/mol. The SMILES string of the molecule is CCn1cc(C2CCN(C(=O)c3ccc(CN)cc3)CC2)cn1. The summed E-state index contributed by atoms with van der Waals surface area (Å²) in [5, 5.41) is 4.35. The smallest absolute Gasteiger partial charge is 0.253 e. The lowest BCUT2D eigenvalue weighted by Crippen LogP contribution is -2.37. The molecule has 2 heterocycles. The Morgan fingerprint density at radius 3 is 2.52 bits per heavy atom. The number of carbonyl (C=O) groups excluding carboxylic acids is 1. The molecule has 2 aromatic rings. The largest absolute Gasteiger partial charge is 0.339 e. The van der Waals surface area contributed by atoms with Gasteiger partial charge in [0.1, 0.15) is 0 Å². The van der Waals surface area contributed by atoms with E-state index in [0.717, 1.165) is 43.6 Å². The third-order valence-corrected chi connectivity index (χ3v) is 4.67. The topological polar surface area (TPSA) is 64.2 Å². The van der Waals surface area contributed by atoms with Gasteiger partial charge in [0.2, 0.25) is 0 Å². The first kappa shape index (κ1) is 15.7. The van der Waals surface area contributed by atoms with Gasteiger partial charge in [-0.3, -0.25) is 9.48 Å². The maximum Gasteiger partial charge on any atom is 0.253 e. The molecule has 3 rings (SSSR count). The van der Waals surface area contributed by atoms with E-state index in [9.17, 15) is 4.79 Å². The highest BCUT2D eigenvalue weighted by molar-refractivity contribution is 5.94. The molecule has 0 bridgehead atoms. The third kappa shape index (κ3) is 3.45. The average molecular weight is 312 g/mol. The van der Waals surface area contributed by atoms with Gasteiger partial charge in [0, 0.05) is 37.9 Å². The Hall–Kier alpha value is -2.14. The highest BCUT2D eigenvalue weighted by atomic mass is 16.2. The van der Waals surface area contributed by atoms with Crippen LogP contribution in [0, 0.1) is 0 Å². The van der Waals surface area contributed by atoms with Crippen LogP contribution in [0.3, 0.4) is 0 Å². The molecule has 0 spiro atoms. The maximum atomic E-state index is 12.6. The number of likely N-dealkylation sites (tertiary alicyclic amines) is 1. The molecule has 122 valence electrons. The van der Waals surface area contributed by atoms with Gasteiger partial charge < -0.3 is 10.6 Å². The molecule has 1 saturated heterocycles. The van der Waals surface area contributed by atoms with Crippen molar-refractivity contribution in [3.05, 3.63) is 53.3 Å². The molecule has 0 radical (unpaired) electrons. The Morgan fingerprint density at radius 2 is 1.96 bits per heavy atom. The Bertz CT molecular complexity index is 654. The average Bonchev–Trinajstić information content (AvgIpc) is 3.10. The number of hydrogen-bond donors (Lipinski definition) is 1. The van der Waals surface area contributed by atoms with Crippen LogP contribution in [0.15, 0.2) is 36.7 Å². The normalized spacial score (nSPS) is 15.8. The van der Waals surface area contributed by atoms with Crippen LogP contribution in [-0.2, 0) is 13.1 Å². The number of piperidine rings is 1. The third-order valence-electron chi connectivity index (χ3n) is 4.67. The van der Waals surface area contributed by atoms with Crippen LogP contribution in [0.4, 0.5) is 0 Å². The minimum atomic E-state index is 0.122. The summed E-state index contributed by atoms with van der Waals surface area (Å²) >= 11 is 0. The molecule has 0 unspecified atom stereocenters. The second-order valence-corrected chi connectivity index (χ2v) is 6.10. The fourth-order valence-corrected chi connectivity index (χ4v) is 3.15. The van der Waals surface area contributed by atoms with E-state index in [-0.39, 0.29) is 5.91 Å². The summed E-state index contributed by atoms with van der Waals surface area (Å²) in [7, 11) is 0. The molecular formula is C18H24N4O. The van der Waals surface area contributed by atoms with Gasteiger partial charge in [-0.15, -0.1) is 0 Å². The van der Waals surface area contributed by atoms with Gasteiger partial charge in [-0.05, 0) is 48.9 Å². The van der Waals surface area contributed by atoms with E-state index in [0.29, 0.717) is 12.5 Å². The summed E-state index contributed by atoms with van der Waals surface area (Å²) in [5.41, 5.74) is 8.70. The van der Waals surface area contributed by atoms with E-state index in [2.05, 4.69) is 18.2 Å². The van der Waals surface area contributed by atoms with Crippen LogP contribution in [-0.4, -0.2) is 33.7 Å². The van der Waals surface area contributed by atoms with Crippen molar-refractivity contribution in [2.75, 3.05) is 13.1 Å². The second kappa shape index (κ2) is 6.96. The first-order valence-corrected chi connectivity index (χ1v) is 8.32. The van der Waals surface area contributed by atoms with Gasteiger partial charge >= 0.3 is 0 Å². The standard InChI is InChI=1S/C18H24N4O/c1-2-22-13-17(12-20-22)15-7-9-21(10-8-15)18(23)16-5-3-14(11-19)4-6-16/h3-6,12-13,15H,2,7-11,19H2,1H3. The number of carbonyl (C=O) groups is 1. The number of nitrogens with zero attached hydrogens (tertiary/aromatic N) is 3. The van der Waals surface area contributed by atoms with Crippen molar-refractivity contribution < 1.29 is 4.79 Å². The molecule has 2 N–H and O–H groups in total. The zero-order chi connectivity index (χ0) is 16.2.